The smallest absolute Gasteiger partial charge is 0.140 e. The molecule has 0 saturated carbocycles. The SMILES string of the molecule is COc1c(-c2ccncc2)csc1C. The first-order valence-corrected chi connectivity index (χ1v) is 5.23. The fourth-order valence-electron chi connectivity index (χ4n) is 1.43. The molecule has 0 unspecified atom stereocenters. The number of pyridine rings is 1. The van der Waals surface area contributed by atoms with Gasteiger partial charge in [-0.15, -0.1) is 11.3 Å². The molecule has 0 aliphatic heterocycles. The average Bonchev–Trinajstić information content (AvgIpc) is 2.61. The van der Waals surface area contributed by atoms with E-state index in [2.05, 4.69) is 17.3 Å². The molecule has 2 aromatic rings. The number of rotatable bonds is 2. The lowest BCUT2D eigenvalue weighted by Gasteiger charge is -2.03. The quantitative estimate of drug-likeness (QED) is 0.751. The number of aryl methyl sites for hydroxylation is 1. The molecule has 0 spiro atoms. The van der Waals surface area contributed by atoms with Crippen LogP contribution in [0.3, 0.4) is 0 Å². The van der Waals surface area contributed by atoms with E-state index in [1.54, 1.807) is 30.8 Å². The standard InChI is InChI=1S/C11H11NOS/c1-8-11(13-2)10(7-14-8)9-3-5-12-6-4-9/h3-7H,1-2H3. The van der Waals surface area contributed by atoms with E-state index >= 15 is 0 Å². The molecule has 0 saturated heterocycles. The van der Waals surface area contributed by atoms with Crippen molar-refractivity contribution >= 4 is 11.3 Å². The first kappa shape index (κ1) is 9.21. The molecule has 0 amide bonds. The molecule has 0 atom stereocenters. The summed E-state index contributed by atoms with van der Waals surface area (Å²) in [5.74, 6) is 0.973. The van der Waals surface area contributed by atoms with Gasteiger partial charge in [-0.05, 0) is 24.6 Å². The zero-order valence-electron chi connectivity index (χ0n) is 8.15. The number of aromatic nitrogens is 1. The normalized spacial score (nSPS) is 10.1. The molecule has 2 rings (SSSR count). The molecule has 0 aromatic carbocycles. The minimum absolute atomic E-state index is 0.973. The lowest BCUT2D eigenvalue weighted by atomic mass is 10.1. The van der Waals surface area contributed by atoms with Crippen molar-refractivity contribution in [2.24, 2.45) is 0 Å². The fourth-order valence-corrected chi connectivity index (χ4v) is 2.27. The van der Waals surface area contributed by atoms with Crippen molar-refractivity contribution in [3.63, 3.8) is 0 Å². The Balaban J connectivity index is 2.52. The van der Waals surface area contributed by atoms with Gasteiger partial charge in [-0.1, -0.05) is 0 Å². The van der Waals surface area contributed by atoms with Crippen molar-refractivity contribution in [2.45, 2.75) is 6.92 Å². The molecule has 2 heterocycles. The van der Waals surface area contributed by atoms with Crippen LogP contribution in [0.4, 0.5) is 0 Å². The molecular weight excluding hydrogens is 194 g/mol. The van der Waals surface area contributed by atoms with Crippen molar-refractivity contribution < 1.29 is 4.74 Å². The Kier molecular flexibility index (Phi) is 2.50. The molecule has 3 heteroatoms. The van der Waals surface area contributed by atoms with E-state index in [1.807, 2.05) is 12.1 Å². The van der Waals surface area contributed by atoms with Gasteiger partial charge >= 0.3 is 0 Å². The van der Waals surface area contributed by atoms with Crippen LogP contribution in [0.2, 0.25) is 0 Å². The molecule has 14 heavy (non-hydrogen) atoms. The van der Waals surface area contributed by atoms with Crippen molar-refractivity contribution in [3.8, 4) is 16.9 Å². The lowest BCUT2D eigenvalue weighted by Crippen LogP contribution is -1.85. The Morgan fingerprint density at radius 3 is 2.64 bits per heavy atom. The molecule has 2 aromatic heterocycles. The van der Waals surface area contributed by atoms with Gasteiger partial charge in [-0.3, -0.25) is 4.98 Å². The zero-order chi connectivity index (χ0) is 9.97. The molecule has 0 fully saturated rings. The molecule has 0 aliphatic rings. The van der Waals surface area contributed by atoms with Crippen molar-refractivity contribution in [3.05, 3.63) is 34.8 Å². The van der Waals surface area contributed by atoms with Crippen LogP contribution in [0, 0.1) is 6.92 Å². The Morgan fingerprint density at radius 2 is 2.00 bits per heavy atom. The molecule has 72 valence electrons. The number of hydrogen-bond acceptors (Lipinski definition) is 3. The third-order valence-corrected chi connectivity index (χ3v) is 3.01. The number of thiophene rings is 1. The van der Waals surface area contributed by atoms with Gasteiger partial charge in [0.25, 0.3) is 0 Å². The second-order valence-electron chi connectivity index (χ2n) is 2.97. The van der Waals surface area contributed by atoms with Crippen LogP contribution >= 0.6 is 11.3 Å². The summed E-state index contributed by atoms with van der Waals surface area (Å²) in [6.45, 7) is 2.06. The van der Waals surface area contributed by atoms with E-state index in [-0.39, 0.29) is 0 Å². The van der Waals surface area contributed by atoms with Crippen LogP contribution < -0.4 is 4.74 Å². The van der Waals surface area contributed by atoms with Gasteiger partial charge in [0.15, 0.2) is 0 Å². The van der Waals surface area contributed by atoms with Crippen LogP contribution in [0.25, 0.3) is 11.1 Å². The summed E-state index contributed by atoms with van der Waals surface area (Å²) >= 11 is 1.71. The zero-order valence-corrected chi connectivity index (χ0v) is 8.97. The van der Waals surface area contributed by atoms with Gasteiger partial charge in [0, 0.05) is 28.2 Å². The molecular formula is C11H11NOS. The Hall–Kier alpha value is -1.35. The number of methoxy groups -OCH3 is 1. The van der Waals surface area contributed by atoms with E-state index in [0.29, 0.717) is 0 Å². The van der Waals surface area contributed by atoms with E-state index in [4.69, 9.17) is 4.74 Å². The van der Waals surface area contributed by atoms with E-state index < -0.39 is 0 Å². The first-order valence-electron chi connectivity index (χ1n) is 4.35. The number of nitrogens with zero attached hydrogens (tertiary/aromatic N) is 1. The summed E-state index contributed by atoms with van der Waals surface area (Å²) < 4.78 is 5.36. The summed E-state index contributed by atoms with van der Waals surface area (Å²) in [7, 11) is 1.71. The van der Waals surface area contributed by atoms with Gasteiger partial charge in [0.1, 0.15) is 5.75 Å². The Morgan fingerprint density at radius 1 is 1.29 bits per heavy atom. The summed E-state index contributed by atoms with van der Waals surface area (Å²) in [5.41, 5.74) is 2.30. The van der Waals surface area contributed by atoms with Gasteiger partial charge in [0.05, 0.1) is 7.11 Å². The summed E-state index contributed by atoms with van der Waals surface area (Å²) in [5, 5.41) is 2.11. The minimum Gasteiger partial charge on any atom is -0.495 e. The Bertz CT molecular complexity index is 422. The largest absolute Gasteiger partial charge is 0.495 e. The highest BCUT2D eigenvalue weighted by Crippen LogP contribution is 2.37. The van der Waals surface area contributed by atoms with Crippen molar-refractivity contribution in [2.75, 3.05) is 7.11 Å². The average molecular weight is 205 g/mol. The van der Waals surface area contributed by atoms with Gasteiger partial charge in [-0.2, -0.15) is 0 Å². The summed E-state index contributed by atoms with van der Waals surface area (Å²) in [6, 6.07) is 3.98. The summed E-state index contributed by atoms with van der Waals surface area (Å²) in [6.07, 6.45) is 3.59. The lowest BCUT2D eigenvalue weighted by molar-refractivity contribution is 0.415. The van der Waals surface area contributed by atoms with Gasteiger partial charge < -0.3 is 4.74 Å². The molecule has 0 bridgehead atoms. The van der Waals surface area contributed by atoms with Crippen LogP contribution in [-0.2, 0) is 0 Å². The third kappa shape index (κ3) is 1.51. The number of ether oxygens (including phenoxy) is 1. The highest BCUT2D eigenvalue weighted by molar-refractivity contribution is 7.10. The van der Waals surface area contributed by atoms with Crippen LogP contribution in [0.5, 0.6) is 5.75 Å². The van der Waals surface area contributed by atoms with Crippen molar-refractivity contribution in [1.82, 2.24) is 4.98 Å². The van der Waals surface area contributed by atoms with Crippen LogP contribution in [0.15, 0.2) is 29.9 Å². The molecule has 0 N–H and O–H groups in total. The topological polar surface area (TPSA) is 22.1 Å². The van der Waals surface area contributed by atoms with E-state index in [1.165, 1.54) is 4.88 Å². The second-order valence-corrected chi connectivity index (χ2v) is 4.06. The minimum atomic E-state index is 0.973. The number of hydrogen-bond donors (Lipinski definition) is 0. The molecule has 2 nitrogen and oxygen atoms in total. The van der Waals surface area contributed by atoms with Crippen molar-refractivity contribution in [1.29, 1.82) is 0 Å². The monoisotopic (exact) mass is 205 g/mol. The van der Waals surface area contributed by atoms with E-state index in [0.717, 1.165) is 16.9 Å². The predicted molar refractivity (Wildman–Crippen MR) is 58.8 cm³/mol. The Labute approximate surface area is 87.2 Å². The van der Waals surface area contributed by atoms with Crippen LogP contribution in [0.1, 0.15) is 4.88 Å². The maximum absolute atomic E-state index is 5.36. The van der Waals surface area contributed by atoms with Gasteiger partial charge in [-0.25, -0.2) is 0 Å². The maximum Gasteiger partial charge on any atom is 0.140 e. The summed E-state index contributed by atoms with van der Waals surface area (Å²) in [4.78, 5) is 5.20. The fraction of sp³-hybridized carbons (Fsp3) is 0.182. The highest BCUT2D eigenvalue weighted by atomic mass is 32.1. The first-order chi connectivity index (χ1) is 6.83. The van der Waals surface area contributed by atoms with Crippen LogP contribution in [-0.4, -0.2) is 12.1 Å². The van der Waals surface area contributed by atoms with Gasteiger partial charge in [0.2, 0.25) is 0 Å². The second kappa shape index (κ2) is 3.80. The predicted octanol–water partition coefficient (Wildman–Crippen LogP) is 3.13. The molecule has 0 radical (unpaired) electrons. The van der Waals surface area contributed by atoms with E-state index in [9.17, 15) is 0 Å². The molecule has 0 aliphatic carbocycles. The highest BCUT2D eigenvalue weighted by Gasteiger charge is 2.09. The maximum atomic E-state index is 5.36. The third-order valence-electron chi connectivity index (χ3n) is 2.11.